The van der Waals surface area contributed by atoms with Crippen LogP contribution in [0.3, 0.4) is 0 Å². The third-order valence-electron chi connectivity index (χ3n) is 7.33. The summed E-state index contributed by atoms with van der Waals surface area (Å²) < 4.78 is 79.2. The molecule has 0 saturated heterocycles. The Hall–Kier alpha value is -2.55. The van der Waals surface area contributed by atoms with E-state index in [1.165, 1.54) is 0 Å². The van der Waals surface area contributed by atoms with Gasteiger partial charge in [-0.25, -0.2) is 0 Å². The molecule has 2 aromatic rings. The summed E-state index contributed by atoms with van der Waals surface area (Å²) in [5.74, 6) is -0.382. The lowest BCUT2D eigenvalue weighted by Gasteiger charge is -2.34. The van der Waals surface area contributed by atoms with Gasteiger partial charge in [0.2, 0.25) is 5.91 Å². The summed E-state index contributed by atoms with van der Waals surface area (Å²) in [7, 11) is 0. The number of halogens is 6. The van der Waals surface area contributed by atoms with Crippen LogP contribution < -0.4 is 5.32 Å². The molecule has 0 radical (unpaired) electrons. The van der Waals surface area contributed by atoms with E-state index in [9.17, 15) is 31.1 Å². The van der Waals surface area contributed by atoms with Crippen LogP contribution in [0.15, 0.2) is 48.5 Å². The van der Waals surface area contributed by atoms with E-state index in [4.69, 9.17) is 0 Å². The van der Waals surface area contributed by atoms with Gasteiger partial charge in [-0.1, -0.05) is 51.1 Å². The molecule has 3 nitrogen and oxygen atoms in total. The molecule has 0 aromatic heterocycles. The molecule has 2 aromatic carbocycles. The quantitative estimate of drug-likeness (QED) is 0.383. The van der Waals surface area contributed by atoms with E-state index in [0.717, 1.165) is 25.1 Å². The molecule has 1 aliphatic carbocycles. The first kappa shape index (κ1) is 28.0. The van der Waals surface area contributed by atoms with Gasteiger partial charge >= 0.3 is 12.4 Å². The van der Waals surface area contributed by atoms with Gasteiger partial charge in [0.15, 0.2) is 0 Å². The monoisotopic (exact) mass is 514 g/mol. The van der Waals surface area contributed by atoms with Gasteiger partial charge in [0, 0.05) is 19.1 Å². The van der Waals surface area contributed by atoms with Crippen LogP contribution in [0.2, 0.25) is 0 Å². The number of rotatable bonds is 8. The lowest BCUT2D eigenvalue weighted by atomic mass is 9.74. The van der Waals surface area contributed by atoms with Crippen molar-refractivity contribution in [1.29, 1.82) is 0 Å². The van der Waals surface area contributed by atoms with E-state index < -0.39 is 35.4 Å². The molecule has 0 bridgehead atoms. The van der Waals surface area contributed by atoms with Crippen molar-refractivity contribution < 1.29 is 31.1 Å². The smallest absolute Gasteiger partial charge is 0.352 e. The van der Waals surface area contributed by atoms with E-state index in [-0.39, 0.29) is 29.5 Å². The van der Waals surface area contributed by atoms with Crippen LogP contribution in [0.4, 0.5) is 26.3 Å². The van der Waals surface area contributed by atoms with Crippen molar-refractivity contribution in [2.24, 2.45) is 11.3 Å². The Bertz CT molecular complexity index is 1000. The zero-order chi connectivity index (χ0) is 26.7. The molecule has 0 heterocycles. The van der Waals surface area contributed by atoms with Gasteiger partial charge in [-0.05, 0) is 61.1 Å². The Labute approximate surface area is 207 Å². The Morgan fingerprint density at radius 2 is 1.58 bits per heavy atom. The van der Waals surface area contributed by atoms with Crippen LogP contribution in [0.5, 0.6) is 0 Å². The van der Waals surface area contributed by atoms with Crippen LogP contribution in [-0.2, 0) is 30.2 Å². The molecule has 3 rings (SSSR count). The first-order valence-electron chi connectivity index (χ1n) is 12.1. The highest BCUT2D eigenvalue weighted by Gasteiger charge is 2.48. The van der Waals surface area contributed by atoms with E-state index in [0.29, 0.717) is 25.0 Å². The van der Waals surface area contributed by atoms with Crippen molar-refractivity contribution in [1.82, 2.24) is 10.2 Å². The second-order valence-corrected chi connectivity index (χ2v) is 9.85. The van der Waals surface area contributed by atoms with Gasteiger partial charge in [-0.15, -0.1) is 0 Å². The summed E-state index contributed by atoms with van der Waals surface area (Å²) in [4.78, 5) is 15.7. The molecule has 1 amide bonds. The van der Waals surface area contributed by atoms with E-state index in [1.807, 2.05) is 44.2 Å². The van der Waals surface area contributed by atoms with Crippen LogP contribution in [0.25, 0.3) is 0 Å². The van der Waals surface area contributed by atoms with Crippen molar-refractivity contribution in [2.75, 3.05) is 6.54 Å². The highest BCUT2D eigenvalue weighted by molar-refractivity contribution is 5.83. The molecule has 1 saturated carbocycles. The molecule has 0 spiro atoms. The lowest BCUT2D eigenvalue weighted by Crippen LogP contribution is -2.44. The number of carbonyl (C=O) groups is 1. The molecule has 198 valence electrons. The van der Waals surface area contributed by atoms with Crippen LogP contribution >= 0.6 is 0 Å². The zero-order valence-electron chi connectivity index (χ0n) is 20.6. The van der Waals surface area contributed by atoms with Gasteiger partial charge in [-0.3, -0.25) is 9.69 Å². The maximum Gasteiger partial charge on any atom is 0.416 e. The molecule has 36 heavy (non-hydrogen) atoms. The normalized spacial score (nSPS) is 20.8. The van der Waals surface area contributed by atoms with Crippen molar-refractivity contribution in [2.45, 2.75) is 71.5 Å². The summed E-state index contributed by atoms with van der Waals surface area (Å²) in [6.45, 7) is 7.04. The molecule has 0 aliphatic heterocycles. The fourth-order valence-electron chi connectivity index (χ4n) is 5.15. The van der Waals surface area contributed by atoms with Gasteiger partial charge in [0.1, 0.15) is 0 Å². The SMILES string of the molecule is CCN(Cc1ccccc1)[C@@H]1CC[C@@](C(=O)NCc2cc(C(F)(F)F)cc(C(F)(F)F)c2)(C(C)C)C1. The Morgan fingerprint density at radius 3 is 2.08 bits per heavy atom. The molecule has 1 N–H and O–H groups in total. The van der Waals surface area contributed by atoms with Crippen molar-refractivity contribution in [3.63, 3.8) is 0 Å². The summed E-state index contributed by atoms with van der Waals surface area (Å²) in [6.07, 6.45) is -7.90. The van der Waals surface area contributed by atoms with Crippen molar-refractivity contribution in [3.8, 4) is 0 Å². The first-order valence-corrected chi connectivity index (χ1v) is 12.1. The molecular weight excluding hydrogens is 482 g/mol. The van der Waals surface area contributed by atoms with Crippen LogP contribution in [0.1, 0.15) is 62.3 Å². The first-order chi connectivity index (χ1) is 16.8. The van der Waals surface area contributed by atoms with Crippen molar-refractivity contribution in [3.05, 3.63) is 70.8 Å². The summed E-state index contributed by atoms with van der Waals surface area (Å²) >= 11 is 0. The summed E-state index contributed by atoms with van der Waals surface area (Å²) in [6, 6.07) is 11.5. The second kappa shape index (κ2) is 10.8. The summed E-state index contributed by atoms with van der Waals surface area (Å²) in [5, 5.41) is 2.66. The number of nitrogens with zero attached hydrogens (tertiary/aromatic N) is 1. The topological polar surface area (TPSA) is 32.3 Å². The Morgan fingerprint density at radius 1 is 1.00 bits per heavy atom. The van der Waals surface area contributed by atoms with Crippen LogP contribution in [0, 0.1) is 11.3 Å². The minimum absolute atomic E-state index is 0.0508. The Balaban J connectivity index is 1.76. The number of hydrogen-bond acceptors (Lipinski definition) is 2. The average molecular weight is 515 g/mol. The van der Waals surface area contributed by atoms with Gasteiger partial charge in [-0.2, -0.15) is 26.3 Å². The molecule has 2 atom stereocenters. The fraction of sp³-hybridized carbons (Fsp3) is 0.519. The average Bonchev–Trinajstić information content (AvgIpc) is 3.27. The van der Waals surface area contributed by atoms with Gasteiger partial charge < -0.3 is 5.32 Å². The highest BCUT2D eigenvalue weighted by Crippen LogP contribution is 2.46. The van der Waals surface area contributed by atoms with E-state index in [1.54, 1.807) is 0 Å². The number of carbonyl (C=O) groups excluding carboxylic acids is 1. The van der Waals surface area contributed by atoms with Gasteiger partial charge in [0.25, 0.3) is 0 Å². The molecule has 9 heteroatoms. The number of benzene rings is 2. The number of amides is 1. The number of hydrogen-bond donors (Lipinski definition) is 1. The summed E-state index contributed by atoms with van der Waals surface area (Å²) in [5.41, 5.74) is -2.60. The largest absolute Gasteiger partial charge is 0.416 e. The molecular formula is C27H32F6N2O. The predicted molar refractivity (Wildman–Crippen MR) is 126 cm³/mol. The van der Waals surface area contributed by atoms with Gasteiger partial charge in [0.05, 0.1) is 16.5 Å². The maximum absolute atomic E-state index is 13.4. The maximum atomic E-state index is 13.4. The van der Waals surface area contributed by atoms with Crippen molar-refractivity contribution >= 4 is 5.91 Å². The molecule has 1 aliphatic rings. The number of nitrogens with one attached hydrogen (secondary N) is 1. The molecule has 1 fully saturated rings. The highest BCUT2D eigenvalue weighted by atomic mass is 19.4. The minimum atomic E-state index is -4.93. The third-order valence-corrected chi connectivity index (χ3v) is 7.33. The fourth-order valence-corrected chi connectivity index (χ4v) is 5.15. The third kappa shape index (κ3) is 6.41. The van der Waals surface area contributed by atoms with E-state index >= 15 is 0 Å². The van der Waals surface area contributed by atoms with Crippen LogP contribution in [-0.4, -0.2) is 23.4 Å². The zero-order valence-corrected chi connectivity index (χ0v) is 20.6. The second-order valence-electron chi connectivity index (χ2n) is 9.85. The number of alkyl halides is 6. The van der Waals surface area contributed by atoms with E-state index in [2.05, 4.69) is 17.1 Å². The molecule has 0 unspecified atom stereocenters. The predicted octanol–water partition coefficient (Wildman–Crippen LogP) is 7.06. The minimum Gasteiger partial charge on any atom is -0.352 e. The Kier molecular flexibility index (Phi) is 8.43. The standard InChI is InChI=1S/C27H32F6N2O/c1-4-35(17-19-8-6-5-7-9-19)23-10-11-25(15-23,18(2)3)24(36)34-16-20-12-21(26(28,29)30)14-22(13-20)27(31,32)33/h5-9,12-14,18,23H,4,10-11,15-17H2,1-3H3,(H,34,36)/t23-,25+/m1/s1. The lowest BCUT2D eigenvalue weighted by molar-refractivity contribution is -0.143.